The van der Waals surface area contributed by atoms with E-state index in [1.807, 2.05) is 19.9 Å². The fourth-order valence-electron chi connectivity index (χ4n) is 1.73. The zero-order valence-electron chi connectivity index (χ0n) is 9.10. The predicted molar refractivity (Wildman–Crippen MR) is 64.8 cm³/mol. The number of halogens is 2. The van der Waals surface area contributed by atoms with Crippen molar-refractivity contribution >= 4 is 29.0 Å². The highest BCUT2D eigenvalue weighted by Gasteiger charge is 2.25. The lowest BCUT2D eigenvalue weighted by Crippen LogP contribution is -2.21. The topological polar surface area (TPSA) is 17.1 Å². The SMILES string of the molecule is CC(=O)CC(C)(C)c1cc(Cl)ccc1Cl. The van der Waals surface area contributed by atoms with E-state index in [0.717, 1.165) is 5.56 Å². The highest BCUT2D eigenvalue weighted by atomic mass is 35.5. The highest BCUT2D eigenvalue weighted by molar-refractivity contribution is 6.33. The highest BCUT2D eigenvalue weighted by Crippen LogP contribution is 2.34. The molecule has 0 aliphatic heterocycles. The Bertz CT molecular complexity index is 383. The minimum absolute atomic E-state index is 0.149. The summed E-state index contributed by atoms with van der Waals surface area (Å²) in [6.07, 6.45) is 0.465. The van der Waals surface area contributed by atoms with Gasteiger partial charge in [0.25, 0.3) is 0 Å². The van der Waals surface area contributed by atoms with Gasteiger partial charge >= 0.3 is 0 Å². The van der Waals surface area contributed by atoms with Gasteiger partial charge in [0.2, 0.25) is 0 Å². The van der Waals surface area contributed by atoms with E-state index in [9.17, 15) is 4.79 Å². The number of Topliss-reactive ketones (excluding diaryl/α,β-unsaturated/α-hetero) is 1. The Labute approximate surface area is 100 Å². The van der Waals surface area contributed by atoms with Crippen LogP contribution in [0, 0.1) is 0 Å². The first-order valence-corrected chi connectivity index (χ1v) is 5.53. The van der Waals surface area contributed by atoms with Crippen LogP contribution in [0.15, 0.2) is 18.2 Å². The van der Waals surface area contributed by atoms with Crippen molar-refractivity contribution in [3.63, 3.8) is 0 Å². The van der Waals surface area contributed by atoms with Gasteiger partial charge in [-0.05, 0) is 36.1 Å². The molecular formula is C12H14Cl2O. The Balaban J connectivity index is 3.13. The summed E-state index contributed by atoms with van der Waals surface area (Å²) in [5.41, 5.74) is 0.653. The Morgan fingerprint density at radius 3 is 2.47 bits per heavy atom. The molecule has 0 aliphatic rings. The average molecular weight is 245 g/mol. The van der Waals surface area contributed by atoms with Crippen molar-refractivity contribution < 1.29 is 4.79 Å². The van der Waals surface area contributed by atoms with Gasteiger partial charge in [-0.3, -0.25) is 4.79 Å². The summed E-state index contributed by atoms with van der Waals surface area (Å²) < 4.78 is 0. The second-order valence-corrected chi connectivity index (χ2v) is 5.23. The van der Waals surface area contributed by atoms with E-state index in [0.29, 0.717) is 16.5 Å². The first-order chi connectivity index (χ1) is 6.83. The van der Waals surface area contributed by atoms with Crippen LogP contribution in [0.4, 0.5) is 0 Å². The Kier molecular flexibility index (Phi) is 3.80. The second kappa shape index (κ2) is 4.54. The van der Waals surface area contributed by atoms with Gasteiger partial charge in [0.1, 0.15) is 5.78 Å². The van der Waals surface area contributed by atoms with E-state index in [4.69, 9.17) is 23.2 Å². The van der Waals surface area contributed by atoms with Crippen LogP contribution in [-0.4, -0.2) is 5.78 Å². The van der Waals surface area contributed by atoms with E-state index < -0.39 is 0 Å². The van der Waals surface area contributed by atoms with Crippen LogP contribution in [0.3, 0.4) is 0 Å². The Morgan fingerprint density at radius 1 is 1.33 bits per heavy atom. The molecule has 0 unspecified atom stereocenters. The third kappa shape index (κ3) is 3.22. The van der Waals surface area contributed by atoms with E-state index in [2.05, 4.69) is 0 Å². The average Bonchev–Trinajstić information content (AvgIpc) is 2.06. The summed E-state index contributed by atoms with van der Waals surface area (Å²) >= 11 is 12.0. The van der Waals surface area contributed by atoms with Crippen molar-refractivity contribution in [2.24, 2.45) is 0 Å². The molecule has 0 saturated heterocycles. The van der Waals surface area contributed by atoms with Crippen LogP contribution < -0.4 is 0 Å². The molecule has 0 saturated carbocycles. The molecule has 0 amide bonds. The molecule has 0 radical (unpaired) electrons. The van der Waals surface area contributed by atoms with Crippen molar-refractivity contribution in [3.8, 4) is 0 Å². The molecule has 0 fully saturated rings. The number of benzene rings is 1. The summed E-state index contributed by atoms with van der Waals surface area (Å²) in [6, 6.07) is 5.34. The van der Waals surface area contributed by atoms with Crippen LogP contribution >= 0.6 is 23.2 Å². The number of carbonyl (C=O) groups excluding carboxylic acids is 1. The lowest BCUT2D eigenvalue weighted by molar-refractivity contribution is -0.118. The van der Waals surface area contributed by atoms with Gasteiger partial charge in [-0.15, -0.1) is 0 Å². The van der Waals surface area contributed by atoms with Gasteiger partial charge in [-0.1, -0.05) is 37.0 Å². The zero-order valence-corrected chi connectivity index (χ0v) is 10.6. The summed E-state index contributed by atoms with van der Waals surface area (Å²) in [7, 11) is 0. The maximum Gasteiger partial charge on any atom is 0.130 e. The maximum absolute atomic E-state index is 11.2. The van der Waals surface area contributed by atoms with E-state index in [-0.39, 0.29) is 11.2 Å². The lowest BCUT2D eigenvalue weighted by Gasteiger charge is -2.25. The smallest absolute Gasteiger partial charge is 0.130 e. The summed E-state index contributed by atoms with van der Waals surface area (Å²) in [5.74, 6) is 0.149. The van der Waals surface area contributed by atoms with Gasteiger partial charge in [0, 0.05) is 16.5 Å². The van der Waals surface area contributed by atoms with Crippen LogP contribution in [0.2, 0.25) is 10.0 Å². The van der Waals surface area contributed by atoms with Crippen molar-refractivity contribution in [1.29, 1.82) is 0 Å². The number of hydrogen-bond donors (Lipinski definition) is 0. The van der Waals surface area contributed by atoms with Crippen LogP contribution in [-0.2, 0) is 10.2 Å². The number of carbonyl (C=O) groups is 1. The van der Waals surface area contributed by atoms with Gasteiger partial charge in [-0.25, -0.2) is 0 Å². The largest absolute Gasteiger partial charge is 0.300 e. The molecule has 1 aromatic carbocycles. The first-order valence-electron chi connectivity index (χ1n) is 4.78. The Hall–Kier alpha value is -0.530. The van der Waals surface area contributed by atoms with Gasteiger partial charge in [-0.2, -0.15) is 0 Å². The molecule has 0 aromatic heterocycles. The number of ketones is 1. The molecule has 0 atom stereocenters. The minimum atomic E-state index is -0.270. The molecule has 15 heavy (non-hydrogen) atoms. The third-order valence-electron chi connectivity index (χ3n) is 2.35. The maximum atomic E-state index is 11.2. The molecule has 1 aromatic rings. The number of hydrogen-bond acceptors (Lipinski definition) is 1. The normalized spacial score (nSPS) is 11.5. The predicted octanol–water partition coefficient (Wildman–Crippen LogP) is 4.25. The molecule has 82 valence electrons. The standard InChI is InChI=1S/C12H14Cl2O/c1-8(15)7-12(2,3)10-6-9(13)4-5-11(10)14/h4-6H,7H2,1-3H3. The first kappa shape index (κ1) is 12.5. The molecule has 0 N–H and O–H groups in total. The molecule has 1 nitrogen and oxygen atoms in total. The Morgan fingerprint density at radius 2 is 1.93 bits per heavy atom. The van der Waals surface area contributed by atoms with E-state index in [1.54, 1.807) is 19.1 Å². The molecule has 1 rings (SSSR count). The zero-order chi connectivity index (χ0) is 11.6. The fourth-order valence-corrected chi connectivity index (χ4v) is 2.28. The molecule has 3 heteroatoms. The monoisotopic (exact) mass is 244 g/mol. The second-order valence-electron chi connectivity index (χ2n) is 4.39. The fraction of sp³-hybridized carbons (Fsp3) is 0.417. The molecular weight excluding hydrogens is 231 g/mol. The number of rotatable bonds is 3. The molecule has 0 heterocycles. The van der Waals surface area contributed by atoms with Gasteiger partial charge < -0.3 is 0 Å². The van der Waals surface area contributed by atoms with Crippen molar-refractivity contribution in [2.75, 3.05) is 0 Å². The summed E-state index contributed by atoms with van der Waals surface area (Å²) in [4.78, 5) is 11.2. The van der Waals surface area contributed by atoms with E-state index in [1.165, 1.54) is 0 Å². The third-order valence-corrected chi connectivity index (χ3v) is 2.91. The van der Waals surface area contributed by atoms with Crippen LogP contribution in [0.25, 0.3) is 0 Å². The lowest BCUT2D eigenvalue weighted by atomic mass is 9.80. The van der Waals surface area contributed by atoms with Crippen molar-refractivity contribution in [1.82, 2.24) is 0 Å². The molecule has 0 aliphatic carbocycles. The summed E-state index contributed by atoms with van der Waals surface area (Å²) in [6.45, 7) is 5.57. The van der Waals surface area contributed by atoms with Crippen molar-refractivity contribution in [2.45, 2.75) is 32.6 Å². The van der Waals surface area contributed by atoms with Gasteiger partial charge in [0.15, 0.2) is 0 Å². The quantitative estimate of drug-likeness (QED) is 0.777. The van der Waals surface area contributed by atoms with E-state index >= 15 is 0 Å². The minimum Gasteiger partial charge on any atom is -0.300 e. The van der Waals surface area contributed by atoms with Crippen LogP contribution in [0.5, 0.6) is 0 Å². The van der Waals surface area contributed by atoms with Gasteiger partial charge in [0.05, 0.1) is 0 Å². The van der Waals surface area contributed by atoms with Crippen LogP contribution in [0.1, 0.15) is 32.8 Å². The molecule has 0 spiro atoms. The molecule has 0 bridgehead atoms. The van der Waals surface area contributed by atoms with Crippen molar-refractivity contribution in [3.05, 3.63) is 33.8 Å². The summed E-state index contributed by atoms with van der Waals surface area (Å²) in [5, 5.41) is 1.30.